The van der Waals surface area contributed by atoms with Gasteiger partial charge in [-0.15, -0.1) is 0 Å². The molecule has 0 heterocycles. The molecule has 25 heteroatoms. The van der Waals surface area contributed by atoms with Crippen LogP contribution in [0.25, 0.3) is 0 Å². The molecule has 0 bridgehead atoms. The molecule has 0 aliphatic heterocycles. The van der Waals surface area contributed by atoms with E-state index in [1.54, 1.807) is 13.8 Å². The highest BCUT2D eigenvalue weighted by atomic mass is 19.4. The normalized spacial score (nSPS) is 14.5. The molecule has 0 saturated heterocycles. The average molecular weight is 1080 g/mol. The first-order valence-electron chi connectivity index (χ1n) is 23.7. The molecule has 0 saturated carbocycles. The van der Waals surface area contributed by atoms with Crippen molar-refractivity contribution >= 4 is 7.32 Å². The summed E-state index contributed by atoms with van der Waals surface area (Å²) in [5.41, 5.74) is -16.5. The molecule has 2 unspecified atom stereocenters. The number of rotatable bonds is 27. The Kier molecular flexibility index (Phi) is 22.0. The maximum Gasteiger partial charge on any atom is 0.864 e. The van der Waals surface area contributed by atoms with E-state index in [1.807, 2.05) is 13.8 Å². The summed E-state index contributed by atoms with van der Waals surface area (Å²) in [7, 11) is -3.38. The van der Waals surface area contributed by atoms with E-state index in [2.05, 4.69) is 0 Å². The molecule has 0 aromatic heterocycles. The first-order chi connectivity index (χ1) is 33.7. The van der Waals surface area contributed by atoms with Crippen LogP contribution in [0.1, 0.15) is 158 Å². The van der Waals surface area contributed by atoms with Crippen LogP contribution < -0.4 is 14.0 Å². The quantitative estimate of drug-likeness (QED) is 0.0250. The maximum absolute atomic E-state index is 16.0. The van der Waals surface area contributed by atoms with E-state index >= 15 is 13.2 Å². The third kappa shape index (κ3) is 16.6. The number of quaternary nitrogens is 1. The standard InChI is InChI=1S/C48H59BF18NO5/c1-7-13-15-17-19-21-68(40(9-3)69-11-5,22-20-18-16-14-8-2)42(10-4,70-12-6)41-38(48(65,66)67)29-35(47(62,63)64)30-39(41)73-49(71-36-25-31(43(50,51)52)23-32(26-36)44(53,54)55)72-37-27-33(45(56,57)58)24-34(28-37)46(59,60)61/h23-30,40H,7-22H2,1-6H3/q+1. The Balaban J connectivity index is 2.73. The lowest BCUT2D eigenvalue weighted by molar-refractivity contribution is -1.05. The van der Waals surface area contributed by atoms with Crippen LogP contribution in [0.2, 0.25) is 0 Å². The minimum Gasteiger partial charge on any atom is -0.490 e. The predicted octanol–water partition coefficient (Wildman–Crippen LogP) is 17.5. The van der Waals surface area contributed by atoms with E-state index in [0.29, 0.717) is 25.7 Å². The molecule has 0 N–H and O–H groups in total. The van der Waals surface area contributed by atoms with Crippen LogP contribution in [0, 0.1) is 0 Å². The zero-order valence-electron chi connectivity index (χ0n) is 40.9. The van der Waals surface area contributed by atoms with Crippen LogP contribution in [-0.2, 0) is 52.3 Å². The lowest BCUT2D eigenvalue weighted by Crippen LogP contribution is -2.70. The Morgan fingerprint density at radius 1 is 0.438 bits per heavy atom. The van der Waals surface area contributed by atoms with Gasteiger partial charge < -0.3 is 23.4 Å². The first kappa shape index (κ1) is 63.0. The number of halogens is 18. The summed E-state index contributed by atoms with van der Waals surface area (Å²) in [6.45, 7) is 9.06. The Hall–Kier alpha value is -4.26. The van der Waals surface area contributed by atoms with Gasteiger partial charge in [0, 0.05) is 12.8 Å². The van der Waals surface area contributed by atoms with Gasteiger partial charge in [-0.25, -0.2) is 0 Å². The topological polar surface area (TPSA) is 46.2 Å². The van der Waals surface area contributed by atoms with Crippen LogP contribution in [0.3, 0.4) is 0 Å². The van der Waals surface area contributed by atoms with Crippen molar-refractivity contribution in [2.24, 2.45) is 0 Å². The monoisotopic (exact) mass is 1080 g/mol. The lowest BCUT2D eigenvalue weighted by atomic mass is 9.85. The fourth-order valence-electron chi connectivity index (χ4n) is 8.93. The van der Waals surface area contributed by atoms with Crippen molar-refractivity contribution in [3.05, 3.63) is 87.5 Å². The largest absolute Gasteiger partial charge is 0.864 e. The molecular weight excluding hydrogens is 1020 g/mol. The second kappa shape index (κ2) is 25.5. The first-order valence-corrected chi connectivity index (χ1v) is 23.7. The van der Waals surface area contributed by atoms with E-state index in [-0.39, 0.29) is 75.4 Å². The van der Waals surface area contributed by atoms with Gasteiger partial charge in [-0.1, -0.05) is 66.2 Å². The van der Waals surface area contributed by atoms with Gasteiger partial charge in [-0.05, 0) is 88.1 Å². The van der Waals surface area contributed by atoms with Gasteiger partial charge in [0.15, 0.2) is 6.23 Å². The zero-order chi connectivity index (χ0) is 55.4. The van der Waals surface area contributed by atoms with Gasteiger partial charge in [0.25, 0.3) is 0 Å². The minimum atomic E-state index is -5.81. The summed E-state index contributed by atoms with van der Waals surface area (Å²) in [5, 5.41) is 0. The molecular formula is C48H59BF18NO5+. The van der Waals surface area contributed by atoms with Crippen LogP contribution in [0.5, 0.6) is 17.2 Å². The number of alkyl halides is 18. The zero-order valence-corrected chi connectivity index (χ0v) is 40.9. The Labute approximate surface area is 412 Å². The number of hydrogen-bond donors (Lipinski definition) is 0. The SMILES string of the molecule is CCCCCCC[N+](CCCCCCC)(C(CC)OCC)C(CC)(OCC)c1c(OB(Oc2cc(C(F)(F)F)cc(C(F)(F)F)c2)Oc2cc(C(F)(F)F)cc(C(F)(F)F)c2)cc(C(F)(F)F)cc1C(F)(F)F. The molecule has 2 atom stereocenters. The molecule has 3 aromatic carbocycles. The summed E-state index contributed by atoms with van der Waals surface area (Å²) in [5.74, 6) is -4.81. The molecule has 0 aliphatic rings. The third-order valence-electron chi connectivity index (χ3n) is 12.1. The van der Waals surface area contributed by atoms with Crippen molar-refractivity contribution < 1.29 is 107 Å². The van der Waals surface area contributed by atoms with Gasteiger partial charge in [0.2, 0.25) is 5.72 Å². The molecule has 73 heavy (non-hydrogen) atoms. The Morgan fingerprint density at radius 2 is 0.822 bits per heavy atom. The highest BCUT2D eigenvalue weighted by molar-refractivity contribution is 6.39. The van der Waals surface area contributed by atoms with Gasteiger partial charge in [0.1, 0.15) is 17.2 Å². The fraction of sp³-hybridized carbons (Fsp3) is 0.625. The average Bonchev–Trinajstić information content (AvgIpc) is 3.27. The maximum atomic E-state index is 16.0. The number of hydrogen-bond acceptors (Lipinski definition) is 5. The number of benzene rings is 3. The molecule has 0 aliphatic carbocycles. The van der Waals surface area contributed by atoms with Crippen molar-refractivity contribution in [3.63, 3.8) is 0 Å². The number of unbranched alkanes of at least 4 members (excludes halogenated alkanes) is 8. The molecule has 6 nitrogen and oxygen atoms in total. The minimum absolute atomic E-state index is 0.0346. The molecule has 0 fully saturated rings. The van der Waals surface area contributed by atoms with Gasteiger partial charge in [-0.2, -0.15) is 79.0 Å². The second-order valence-corrected chi connectivity index (χ2v) is 17.2. The van der Waals surface area contributed by atoms with Crippen molar-refractivity contribution in [1.82, 2.24) is 0 Å². The van der Waals surface area contributed by atoms with Gasteiger partial charge in [-0.3, -0.25) is 4.48 Å². The summed E-state index contributed by atoms with van der Waals surface area (Å²) < 4.78 is 290. The highest BCUT2D eigenvalue weighted by Gasteiger charge is 2.61. The van der Waals surface area contributed by atoms with E-state index < -0.39 is 142 Å². The van der Waals surface area contributed by atoms with Crippen molar-refractivity contribution in [3.8, 4) is 17.2 Å². The van der Waals surface area contributed by atoms with E-state index in [0.717, 1.165) is 25.7 Å². The van der Waals surface area contributed by atoms with E-state index in [9.17, 15) is 65.9 Å². The highest BCUT2D eigenvalue weighted by Crippen LogP contribution is 2.54. The summed E-state index contributed by atoms with van der Waals surface area (Å²) >= 11 is 0. The van der Waals surface area contributed by atoms with Crippen LogP contribution in [-0.4, -0.2) is 44.3 Å². The molecule has 3 aromatic rings. The van der Waals surface area contributed by atoms with Crippen LogP contribution in [0.4, 0.5) is 79.0 Å². The number of nitrogens with zero attached hydrogens (tertiary/aromatic N) is 1. The number of ether oxygens (including phenoxy) is 2. The predicted molar refractivity (Wildman–Crippen MR) is 234 cm³/mol. The molecule has 0 spiro atoms. The van der Waals surface area contributed by atoms with E-state index in [4.69, 9.17) is 23.4 Å². The molecule has 414 valence electrons. The van der Waals surface area contributed by atoms with Crippen molar-refractivity contribution in [2.75, 3.05) is 26.3 Å². The third-order valence-corrected chi connectivity index (χ3v) is 12.1. The molecule has 0 amide bonds. The summed E-state index contributed by atoms with van der Waals surface area (Å²) in [4.78, 5) is 0. The Morgan fingerprint density at radius 3 is 1.14 bits per heavy atom. The fourth-order valence-corrected chi connectivity index (χ4v) is 8.93. The second-order valence-electron chi connectivity index (χ2n) is 17.2. The molecule has 0 radical (unpaired) electrons. The summed E-state index contributed by atoms with van der Waals surface area (Å²) in [6.07, 6.45) is -29.9. The smallest absolute Gasteiger partial charge is 0.490 e. The molecule has 3 rings (SSSR count). The lowest BCUT2D eigenvalue weighted by Gasteiger charge is -2.56. The van der Waals surface area contributed by atoms with Crippen LogP contribution in [0.15, 0.2) is 48.5 Å². The Bertz CT molecular complexity index is 2030. The van der Waals surface area contributed by atoms with Gasteiger partial charge >= 0.3 is 44.4 Å². The van der Waals surface area contributed by atoms with Crippen molar-refractivity contribution in [2.45, 2.75) is 168 Å². The van der Waals surface area contributed by atoms with Gasteiger partial charge in [0.05, 0.1) is 65.2 Å². The van der Waals surface area contributed by atoms with Crippen LogP contribution >= 0.6 is 0 Å². The van der Waals surface area contributed by atoms with E-state index in [1.165, 1.54) is 13.8 Å². The summed E-state index contributed by atoms with van der Waals surface area (Å²) in [6, 6.07) is -1.73. The van der Waals surface area contributed by atoms with Crippen molar-refractivity contribution in [1.29, 1.82) is 0 Å².